The Hall–Kier alpha value is -3.18. The molecular weight excluding hydrogens is 416 g/mol. The third-order valence-electron chi connectivity index (χ3n) is 5.19. The zero-order valence-corrected chi connectivity index (χ0v) is 16.4. The maximum atomic E-state index is 13.0. The van der Waals surface area contributed by atoms with Crippen molar-refractivity contribution < 1.29 is 37.4 Å². The van der Waals surface area contributed by atoms with E-state index >= 15 is 0 Å². The molecule has 11 heteroatoms. The van der Waals surface area contributed by atoms with Crippen molar-refractivity contribution in [3.63, 3.8) is 0 Å². The molecule has 1 aromatic carbocycles. The molecule has 0 spiro atoms. The molecule has 2 aromatic rings. The van der Waals surface area contributed by atoms with Crippen molar-refractivity contribution in [2.75, 3.05) is 5.75 Å². The fraction of sp³-hybridized carbons (Fsp3) is 0.316. The summed E-state index contributed by atoms with van der Waals surface area (Å²) < 4.78 is 41.5. The lowest BCUT2D eigenvalue weighted by atomic mass is 9.87. The molecule has 2 aliphatic rings. The van der Waals surface area contributed by atoms with Gasteiger partial charge in [0.05, 0.1) is 16.1 Å². The minimum atomic E-state index is -3.93. The molecule has 0 bridgehead atoms. The first-order valence-electron chi connectivity index (χ1n) is 9.05. The lowest BCUT2D eigenvalue weighted by Crippen LogP contribution is -2.43. The summed E-state index contributed by atoms with van der Waals surface area (Å²) in [6, 6.07) is 10.8. The van der Waals surface area contributed by atoms with Crippen molar-refractivity contribution in [1.82, 2.24) is 10.5 Å². The number of nitrogens with zero attached hydrogens (tertiary/aromatic N) is 1. The Morgan fingerprint density at radius 1 is 1.17 bits per heavy atom. The molecule has 2 N–H and O–H groups in total. The smallest absolute Gasteiger partial charge is 0.439 e. The van der Waals surface area contributed by atoms with Gasteiger partial charge in [-0.05, 0) is 30.3 Å². The van der Waals surface area contributed by atoms with Crippen LogP contribution in [0.4, 0.5) is 4.79 Å². The standard InChI is InChI=1S/C19H18N2O8S/c22-17(21-24)19(9-14-15(10-19)29-18(23)28-14)11-30(25,26)13-6-4-12(5-7-13)27-16-3-1-2-8-20-16/h1-8,14-15,24H,9-11H2,(H,21,22). The number of hydrogen-bond donors (Lipinski definition) is 2. The third kappa shape index (κ3) is 3.81. The van der Waals surface area contributed by atoms with Crippen molar-refractivity contribution in [1.29, 1.82) is 0 Å². The summed E-state index contributed by atoms with van der Waals surface area (Å²) in [5.74, 6) is -0.694. The molecule has 30 heavy (non-hydrogen) atoms. The highest BCUT2D eigenvalue weighted by Gasteiger charge is 2.58. The van der Waals surface area contributed by atoms with Gasteiger partial charge in [-0.25, -0.2) is 23.7 Å². The Morgan fingerprint density at radius 3 is 2.40 bits per heavy atom. The predicted octanol–water partition coefficient (Wildman–Crippen LogP) is 1.84. The van der Waals surface area contributed by atoms with E-state index in [-0.39, 0.29) is 17.7 Å². The third-order valence-corrected chi connectivity index (χ3v) is 7.11. The molecular formula is C19H18N2O8S. The minimum absolute atomic E-state index is 0.0176. The maximum Gasteiger partial charge on any atom is 0.509 e. The van der Waals surface area contributed by atoms with Crippen molar-refractivity contribution in [3.8, 4) is 11.6 Å². The molecule has 1 saturated heterocycles. The number of pyridine rings is 1. The molecule has 1 amide bonds. The second-order valence-corrected chi connectivity index (χ2v) is 9.18. The SMILES string of the molecule is O=C1OC2CC(CS(=O)(=O)c3ccc(Oc4ccccn4)cc3)(C(=O)NO)CC2O1. The number of hydroxylamine groups is 1. The summed E-state index contributed by atoms with van der Waals surface area (Å²) in [4.78, 5) is 27.6. The second kappa shape index (κ2) is 7.58. The number of sulfone groups is 1. The number of carbonyl (C=O) groups excluding carboxylic acids is 2. The molecule has 10 nitrogen and oxygen atoms in total. The van der Waals surface area contributed by atoms with Crippen LogP contribution in [0.25, 0.3) is 0 Å². The normalized spacial score (nSPS) is 25.2. The minimum Gasteiger partial charge on any atom is -0.439 e. The number of hydrogen-bond acceptors (Lipinski definition) is 9. The molecule has 2 fully saturated rings. The molecule has 1 aliphatic heterocycles. The van der Waals surface area contributed by atoms with Crippen LogP contribution < -0.4 is 10.2 Å². The number of ether oxygens (including phenoxy) is 3. The topological polar surface area (TPSA) is 141 Å². The molecule has 1 aliphatic carbocycles. The summed E-state index contributed by atoms with van der Waals surface area (Å²) in [5, 5.41) is 9.15. The first-order valence-corrected chi connectivity index (χ1v) is 10.7. The van der Waals surface area contributed by atoms with Crippen LogP contribution in [0.2, 0.25) is 0 Å². The largest absolute Gasteiger partial charge is 0.509 e. The Kier molecular flexibility index (Phi) is 5.08. The van der Waals surface area contributed by atoms with E-state index in [1.807, 2.05) is 0 Å². The van der Waals surface area contributed by atoms with Crippen LogP contribution in [0, 0.1) is 5.41 Å². The van der Waals surface area contributed by atoms with Crippen LogP contribution in [0.3, 0.4) is 0 Å². The summed E-state index contributed by atoms with van der Waals surface area (Å²) in [5.41, 5.74) is 0.0390. The van der Waals surface area contributed by atoms with Crippen molar-refractivity contribution >= 4 is 21.9 Å². The fourth-order valence-electron chi connectivity index (χ4n) is 3.80. The maximum absolute atomic E-state index is 13.0. The predicted molar refractivity (Wildman–Crippen MR) is 99.5 cm³/mol. The highest BCUT2D eigenvalue weighted by atomic mass is 32.2. The van der Waals surface area contributed by atoms with Gasteiger partial charge in [-0.3, -0.25) is 10.0 Å². The quantitative estimate of drug-likeness (QED) is 0.396. The lowest BCUT2D eigenvalue weighted by Gasteiger charge is -2.26. The Labute approximate surface area is 171 Å². The molecule has 2 heterocycles. The van der Waals surface area contributed by atoms with E-state index in [9.17, 15) is 18.0 Å². The van der Waals surface area contributed by atoms with Crippen molar-refractivity contribution in [3.05, 3.63) is 48.7 Å². The fourth-order valence-corrected chi connectivity index (χ4v) is 5.62. The van der Waals surface area contributed by atoms with Gasteiger partial charge in [0.25, 0.3) is 5.91 Å². The van der Waals surface area contributed by atoms with Gasteiger partial charge in [0.2, 0.25) is 5.88 Å². The average Bonchev–Trinajstić information content (AvgIpc) is 3.22. The second-order valence-electron chi connectivity index (χ2n) is 7.19. The molecule has 2 unspecified atom stereocenters. The van der Waals surface area contributed by atoms with E-state index < -0.39 is 45.3 Å². The number of rotatable bonds is 6. The number of aromatic nitrogens is 1. The Bertz CT molecular complexity index is 1040. The molecule has 1 saturated carbocycles. The lowest BCUT2D eigenvalue weighted by molar-refractivity contribution is -0.139. The summed E-state index contributed by atoms with van der Waals surface area (Å²) in [6.45, 7) is 0. The van der Waals surface area contributed by atoms with Gasteiger partial charge < -0.3 is 14.2 Å². The van der Waals surface area contributed by atoms with E-state index in [1.54, 1.807) is 24.4 Å². The number of nitrogens with one attached hydrogen (secondary N) is 1. The molecule has 158 valence electrons. The zero-order chi connectivity index (χ0) is 21.4. The van der Waals surface area contributed by atoms with E-state index in [4.69, 9.17) is 19.4 Å². The van der Waals surface area contributed by atoms with E-state index in [2.05, 4.69) is 4.98 Å². The van der Waals surface area contributed by atoms with Gasteiger partial charge in [-0.15, -0.1) is 0 Å². The highest BCUT2D eigenvalue weighted by Crippen LogP contribution is 2.46. The zero-order valence-electron chi connectivity index (χ0n) is 15.6. The van der Waals surface area contributed by atoms with Crippen LogP contribution in [0.5, 0.6) is 11.6 Å². The van der Waals surface area contributed by atoms with E-state index in [0.717, 1.165) is 0 Å². The van der Waals surface area contributed by atoms with Gasteiger partial charge >= 0.3 is 6.16 Å². The summed E-state index contributed by atoms with van der Waals surface area (Å²) in [7, 11) is -3.93. The Morgan fingerprint density at radius 2 is 1.83 bits per heavy atom. The van der Waals surface area contributed by atoms with Gasteiger partial charge in [0.15, 0.2) is 9.84 Å². The summed E-state index contributed by atoms with van der Waals surface area (Å²) >= 11 is 0. The van der Waals surface area contributed by atoms with Gasteiger partial charge in [-0.1, -0.05) is 6.07 Å². The average molecular weight is 434 g/mol. The number of amides is 1. The van der Waals surface area contributed by atoms with Gasteiger partial charge in [-0.2, -0.15) is 0 Å². The number of fused-ring (bicyclic) bond motifs is 1. The highest BCUT2D eigenvalue weighted by molar-refractivity contribution is 7.91. The van der Waals surface area contributed by atoms with Crippen LogP contribution >= 0.6 is 0 Å². The van der Waals surface area contributed by atoms with Crippen molar-refractivity contribution in [2.24, 2.45) is 5.41 Å². The van der Waals surface area contributed by atoms with Crippen LogP contribution in [0.15, 0.2) is 53.6 Å². The summed E-state index contributed by atoms with van der Waals surface area (Å²) in [6.07, 6.45) is -0.906. The Balaban J connectivity index is 1.53. The number of benzene rings is 1. The molecule has 1 aromatic heterocycles. The number of carbonyl (C=O) groups is 2. The molecule has 4 rings (SSSR count). The van der Waals surface area contributed by atoms with Gasteiger partial charge in [0.1, 0.15) is 18.0 Å². The first-order chi connectivity index (χ1) is 14.3. The first kappa shape index (κ1) is 20.1. The van der Waals surface area contributed by atoms with E-state index in [1.165, 1.54) is 29.7 Å². The van der Waals surface area contributed by atoms with Crippen LogP contribution in [0.1, 0.15) is 12.8 Å². The van der Waals surface area contributed by atoms with Crippen LogP contribution in [-0.4, -0.2) is 48.6 Å². The van der Waals surface area contributed by atoms with Crippen molar-refractivity contribution in [2.45, 2.75) is 29.9 Å². The van der Waals surface area contributed by atoms with E-state index in [0.29, 0.717) is 11.6 Å². The molecule has 0 radical (unpaired) electrons. The van der Waals surface area contributed by atoms with Gasteiger partial charge in [0, 0.05) is 25.1 Å². The molecule has 2 atom stereocenters. The monoisotopic (exact) mass is 434 g/mol. The van der Waals surface area contributed by atoms with Crippen LogP contribution in [-0.2, 0) is 24.1 Å².